The predicted octanol–water partition coefficient (Wildman–Crippen LogP) is 0.299. The monoisotopic (exact) mass is 188 g/mol. The first kappa shape index (κ1) is 12.4. The number of amides is 1. The lowest BCUT2D eigenvalue weighted by Crippen LogP contribution is -2.46. The Labute approximate surface area is 79.7 Å². The van der Waals surface area contributed by atoms with E-state index in [1.54, 1.807) is 0 Å². The minimum Gasteiger partial charge on any atom is -0.378 e. The van der Waals surface area contributed by atoms with Crippen LogP contribution < -0.4 is 5.73 Å². The third-order valence-electron chi connectivity index (χ3n) is 1.92. The number of hydrogen-bond donors (Lipinski definition) is 2. The highest BCUT2D eigenvalue weighted by atomic mass is 16.3. The molecule has 78 valence electrons. The number of rotatable bonds is 5. The Bertz CT molecular complexity index is 161. The van der Waals surface area contributed by atoms with E-state index in [1.807, 2.05) is 32.6 Å². The summed E-state index contributed by atoms with van der Waals surface area (Å²) in [6, 6.07) is 0.406. The topological polar surface area (TPSA) is 66.6 Å². The maximum Gasteiger partial charge on any atom is 0.221 e. The van der Waals surface area contributed by atoms with Crippen LogP contribution in [0.4, 0.5) is 0 Å². The van der Waals surface area contributed by atoms with Gasteiger partial charge in [0.2, 0.25) is 5.91 Å². The Morgan fingerprint density at radius 3 is 1.92 bits per heavy atom. The molecule has 1 amide bonds. The first-order chi connectivity index (χ1) is 5.86. The molecule has 0 aliphatic rings. The molecule has 0 fully saturated rings. The first-order valence-corrected chi connectivity index (χ1v) is 4.60. The average Bonchev–Trinajstić information content (AvgIpc) is 1.81. The van der Waals surface area contributed by atoms with E-state index in [4.69, 9.17) is 5.73 Å². The highest BCUT2D eigenvalue weighted by Crippen LogP contribution is 2.10. The number of nitrogens with two attached hydrogens (primary N) is 1. The summed E-state index contributed by atoms with van der Waals surface area (Å²) in [5.41, 5.74) is 5.01. The summed E-state index contributed by atoms with van der Waals surface area (Å²) in [5.74, 6) is -0.473. The molecule has 0 aliphatic carbocycles. The molecule has 0 aromatic rings. The van der Waals surface area contributed by atoms with Gasteiger partial charge in [0.05, 0.1) is 6.42 Å². The molecule has 13 heavy (non-hydrogen) atoms. The molecule has 1 atom stereocenters. The SMILES string of the molecule is CC(C)N(C(C)C)C(O)CC(N)=O. The van der Waals surface area contributed by atoms with E-state index >= 15 is 0 Å². The van der Waals surface area contributed by atoms with E-state index in [0.717, 1.165) is 0 Å². The van der Waals surface area contributed by atoms with Gasteiger partial charge in [0.1, 0.15) is 6.23 Å². The zero-order valence-electron chi connectivity index (χ0n) is 8.82. The zero-order valence-corrected chi connectivity index (χ0v) is 8.82. The maximum atomic E-state index is 10.6. The van der Waals surface area contributed by atoms with E-state index < -0.39 is 12.1 Å². The van der Waals surface area contributed by atoms with Gasteiger partial charge in [0.25, 0.3) is 0 Å². The van der Waals surface area contributed by atoms with Crippen molar-refractivity contribution in [3.05, 3.63) is 0 Å². The van der Waals surface area contributed by atoms with Gasteiger partial charge in [0.15, 0.2) is 0 Å². The fraction of sp³-hybridized carbons (Fsp3) is 0.889. The van der Waals surface area contributed by atoms with Crippen molar-refractivity contribution >= 4 is 5.91 Å². The number of aliphatic hydroxyl groups is 1. The Balaban J connectivity index is 4.28. The van der Waals surface area contributed by atoms with Crippen LogP contribution in [0.25, 0.3) is 0 Å². The summed E-state index contributed by atoms with van der Waals surface area (Å²) >= 11 is 0. The van der Waals surface area contributed by atoms with E-state index in [1.165, 1.54) is 0 Å². The van der Waals surface area contributed by atoms with Crippen molar-refractivity contribution in [3.63, 3.8) is 0 Å². The molecule has 0 bridgehead atoms. The molecule has 1 unspecified atom stereocenters. The van der Waals surface area contributed by atoms with E-state index in [-0.39, 0.29) is 18.5 Å². The van der Waals surface area contributed by atoms with Crippen LogP contribution in [-0.4, -0.2) is 34.2 Å². The minimum atomic E-state index is -0.766. The third-order valence-corrected chi connectivity index (χ3v) is 1.92. The fourth-order valence-electron chi connectivity index (χ4n) is 1.57. The van der Waals surface area contributed by atoms with Crippen molar-refractivity contribution in [1.82, 2.24) is 4.90 Å². The van der Waals surface area contributed by atoms with Gasteiger partial charge in [-0.1, -0.05) is 0 Å². The summed E-state index contributed by atoms with van der Waals surface area (Å²) in [7, 11) is 0. The van der Waals surface area contributed by atoms with Gasteiger partial charge in [-0.2, -0.15) is 0 Å². The van der Waals surface area contributed by atoms with Crippen LogP contribution in [0, 0.1) is 0 Å². The Kier molecular flexibility index (Phi) is 4.95. The van der Waals surface area contributed by atoms with Gasteiger partial charge >= 0.3 is 0 Å². The molecule has 0 radical (unpaired) electrons. The summed E-state index contributed by atoms with van der Waals surface area (Å²) in [5, 5.41) is 9.65. The van der Waals surface area contributed by atoms with Gasteiger partial charge < -0.3 is 10.8 Å². The van der Waals surface area contributed by atoms with Gasteiger partial charge in [-0.15, -0.1) is 0 Å². The standard InChI is InChI=1S/C9H20N2O2/c1-6(2)11(7(3)4)9(13)5-8(10)12/h6-7,9,13H,5H2,1-4H3,(H2,10,12). The van der Waals surface area contributed by atoms with Gasteiger partial charge in [-0.25, -0.2) is 0 Å². The molecule has 0 aliphatic heterocycles. The lowest BCUT2D eigenvalue weighted by Gasteiger charge is -2.34. The summed E-state index contributed by atoms with van der Waals surface area (Å²) in [6.45, 7) is 7.91. The smallest absolute Gasteiger partial charge is 0.221 e. The van der Waals surface area contributed by atoms with Crippen LogP contribution in [0.15, 0.2) is 0 Å². The van der Waals surface area contributed by atoms with Gasteiger partial charge in [-0.3, -0.25) is 9.69 Å². The zero-order chi connectivity index (χ0) is 10.6. The van der Waals surface area contributed by atoms with E-state index in [0.29, 0.717) is 0 Å². The molecule has 0 aromatic carbocycles. The number of primary amides is 1. The summed E-state index contributed by atoms with van der Waals surface area (Å²) in [6.07, 6.45) is -0.770. The van der Waals surface area contributed by atoms with Crippen LogP contribution in [0.5, 0.6) is 0 Å². The molecular weight excluding hydrogens is 168 g/mol. The first-order valence-electron chi connectivity index (χ1n) is 4.60. The van der Waals surface area contributed by atoms with Crippen molar-refractivity contribution in [1.29, 1.82) is 0 Å². The van der Waals surface area contributed by atoms with Crippen LogP contribution >= 0.6 is 0 Å². The van der Waals surface area contributed by atoms with Crippen LogP contribution in [0.3, 0.4) is 0 Å². The number of nitrogens with zero attached hydrogens (tertiary/aromatic N) is 1. The minimum absolute atomic E-state index is 0.00361. The Morgan fingerprint density at radius 2 is 1.69 bits per heavy atom. The van der Waals surface area contributed by atoms with Crippen molar-refractivity contribution in [3.8, 4) is 0 Å². The maximum absolute atomic E-state index is 10.6. The van der Waals surface area contributed by atoms with Crippen LogP contribution in [0.1, 0.15) is 34.1 Å². The number of carbonyl (C=O) groups is 1. The molecule has 0 rings (SSSR count). The fourth-order valence-corrected chi connectivity index (χ4v) is 1.57. The molecule has 3 N–H and O–H groups in total. The quantitative estimate of drug-likeness (QED) is 0.610. The van der Waals surface area contributed by atoms with Gasteiger partial charge in [-0.05, 0) is 27.7 Å². The second-order valence-corrected chi connectivity index (χ2v) is 3.79. The highest BCUT2D eigenvalue weighted by Gasteiger charge is 2.22. The lowest BCUT2D eigenvalue weighted by molar-refractivity contribution is -0.124. The molecule has 0 saturated carbocycles. The Hall–Kier alpha value is -0.610. The second-order valence-electron chi connectivity index (χ2n) is 3.79. The summed E-state index contributed by atoms with van der Waals surface area (Å²) in [4.78, 5) is 12.4. The van der Waals surface area contributed by atoms with Crippen molar-refractivity contribution in [2.24, 2.45) is 5.73 Å². The third kappa shape index (κ3) is 4.24. The van der Waals surface area contributed by atoms with E-state index in [2.05, 4.69) is 0 Å². The predicted molar refractivity (Wildman–Crippen MR) is 51.9 cm³/mol. The van der Waals surface area contributed by atoms with Crippen molar-refractivity contribution < 1.29 is 9.90 Å². The van der Waals surface area contributed by atoms with Gasteiger partial charge in [0, 0.05) is 12.1 Å². The molecule has 4 nitrogen and oxygen atoms in total. The lowest BCUT2D eigenvalue weighted by atomic mass is 10.2. The number of aliphatic hydroxyl groups excluding tert-OH is 1. The van der Waals surface area contributed by atoms with Crippen molar-refractivity contribution in [2.75, 3.05) is 0 Å². The van der Waals surface area contributed by atoms with Crippen LogP contribution in [-0.2, 0) is 4.79 Å². The normalized spacial score (nSPS) is 14.2. The molecule has 0 aromatic heterocycles. The molecule has 4 heteroatoms. The second kappa shape index (κ2) is 5.19. The summed E-state index contributed by atoms with van der Waals surface area (Å²) < 4.78 is 0. The molecule has 0 saturated heterocycles. The molecular formula is C9H20N2O2. The molecule has 0 spiro atoms. The average molecular weight is 188 g/mol. The number of hydrogen-bond acceptors (Lipinski definition) is 3. The molecule has 0 heterocycles. The van der Waals surface area contributed by atoms with Crippen molar-refractivity contribution in [2.45, 2.75) is 52.4 Å². The highest BCUT2D eigenvalue weighted by molar-refractivity contribution is 5.74. The number of carbonyl (C=O) groups excluding carboxylic acids is 1. The largest absolute Gasteiger partial charge is 0.378 e. The van der Waals surface area contributed by atoms with Crippen LogP contribution in [0.2, 0.25) is 0 Å². The van der Waals surface area contributed by atoms with E-state index in [9.17, 15) is 9.90 Å². The Morgan fingerprint density at radius 1 is 1.31 bits per heavy atom.